The molecule has 4 rings (SSSR count). The fraction of sp³-hybridized carbons (Fsp3) is 0.571. The molecule has 1 aromatic carbocycles. The van der Waals surface area contributed by atoms with Crippen LogP contribution in [0.2, 0.25) is 0 Å². The summed E-state index contributed by atoms with van der Waals surface area (Å²) in [7, 11) is 0. The average Bonchev–Trinajstić information content (AvgIpc) is 3.35. The van der Waals surface area contributed by atoms with Crippen molar-refractivity contribution in [3.8, 4) is 0 Å². The second-order valence-electron chi connectivity index (χ2n) is 7.94. The molecule has 7 heteroatoms. The van der Waals surface area contributed by atoms with Crippen LogP contribution in [0.3, 0.4) is 0 Å². The second kappa shape index (κ2) is 8.66. The van der Waals surface area contributed by atoms with Gasteiger partial charge in [0, 0.05) is 16.2 Å². The van der Waals surface area contributed by atoms with Crippen molar-refractivity contribution < 1.29 is 4.79 Å². The minimum atomic E-state index is -0.0994. The van der Waals surface area contributed by atoms with Crippen LogP contribution in [0.1, 0.15) is 60.7 Å². The lowest BCUT2D eigenvalue weighted by molar-refractivity contribution is 0.0944. The molecule has 1 amide bonds. The maximum absolute atomic E-state index is 12.9. The number of nitrogens with one attached hydrogen (secondary N) is 2. The summed E-state index contributed by atoms with van der Waals surface area (Å²) in [5.74, 6) is -0.0994. The molecule has 0 atom stereocenters. The van der Waals surface area contributed by atoms with Crippen molar-refractivity contribution in [2.45, 2.75) is 61.1 Å². The third-order valence-corrected chi connectivity index (χ3v) is 7.45. The van der Waals surface area contributed by atoms with Crippen molar-refractivity contribution >= 4 is 17.7 Å². The van der Waals surface area contributed by atoms with Crippen LogP contribution in [-0.4, -0.2) is 45.3 Å². The summed E-state index contributed by atoms with van der Waals surface area (Å²) >= 11 is 1.91. The number of amides is 1. The molecule has 2 aliphatic rings. The van der Waals surface area contributed by atoms with Crippen LogP contribution in [0.4, 0.5) is 0 Å². The Bertz CT molecular complexity index is 794. The van der Waals surface area contributed by atoms with Crippen molar-refractivity contribution in [3.63, 3.8) is 0 Å². The number of thioether (sulfide) groups is 1. The van der Waals surface area contributed by atoms with Gasteiger partial charge in [-0.25, -0.2) is 4.68 Å². The molecule has 150 valence electrons. The number of hydrogen-bond donors (Lipinski definition) is 2. The molecule has 1 aromatic heterocycles. The highest BCUT2D eigenvalue weighted by Gasteiger charge is 2.36. The molecular formula is C21H29N5OS. The second-order valence-corrected chi connectivity index (χ2v) is 9.48. The van der Waals surface area contributed by atoms with Crippen LogP contribution in [0.25, 0.3) is 0 Å². The predicted octanol–water partition coefficient (Wildman–Crippen LogP) is 3.35. The van der Waals surface area contributed by atoms with Gasteiger partial charge in [0.05, 0.1) is 11.7 Å². The van der Waals surface area contributed by atoms with E-state index in [2.05, 4.69) is 45.2 Å². The first-order valence-electron chi connectivity index (χ1n) is 10.3. The van der Waals surface area contributed by atoms with Gasteiger partial charge in [0.1, 0.15) is 0 Å². The van der Waals surface area contributed by atoms with E-state index in [0.717, 1.165) is 44.5 Å². The number of benzene rings is 1. The Labute approximate surface area is 170 Å². The fourth-order valence-corrected chi connectivity index (χ4v) is 5.78. The molecule has 2 fully saturated rings. The molecule has 0 bridgehead atoms. The molecule has 1 aliphatic heterocycles. The van der Waals surface area contributed by atoms with Crippen molar-refractivity contribution in [2.24, 2.45) is 0 Å². The van der Waals surface area contributed by atoms with Crippen LogP contribution in [0.15, 0.2) is 35.2 Å². The van der Waals surface area contributed by atoms with E-state index >= 15 is 0 Å². The van der Waals surface area contributed by atoms with E-state index in [-0.39, 0.29) is 10.7 Å². The Balaban J connectivity index is 1.42. The minimum Gasteiger partial charge on any atom is -0.349 e. The Morgan fingerprint density at radius 2 is 1.96 bits per heavy atom. The highest BCUT2D eigenvalue weighted by atomic mass is 32.2. The van der Waals surface area contributed by atoms with Crippen molar-refractivity contribution in [2.75, 3.05) is 19.6 Å². The zero-order valence-corrected chi connectivity index (χ0v) is 17.3. The summed E-state index contributed by atoms with van der Waals surface area (Å²) < 4.78 is 2.02. The van der Waals surface area contributed by atoms with E-state index in [0.29, 0.717) is 18.3 Å². The highest BCUT2D eigenvalue weighted by Crippen LogP contribution is 2.44. The van der Waals surface area contributed by atoms with E-state index in [9.17, 15) is 4.79 Å². The summed E-state index contributed by atoms with van der Waals surface area (Å²) in [6.07, 6.45) is 6.77. The third kappa shape index (κ3) is 4.25. The van der Waals surface area contributed by atoms with Gasteiger partial charge in [-0.3, -0.25) is 4.79 Å². The predicted molar refractivity (Wildman–Crippen MR) is 112 cm³/mol. The van der Waals surface area contributed by atoms with Crippen LogP contribution in [0.5, 0.6) is 0 Å². The first kappa shape index (κ1) is 19.5. The van der Waals surface area contributed by atoms with Gasteiger partial charge in [0.15, 0.2) is 5.69 Å². The quantitative estimate of drug-likeness (QED) is 0.779. The highest BCUT2D eigenvalue weighted by molar-refractivity contribution is 8.00. The van der Waals surface area contributed by atoms with E-state index in [1.165, 1.54) is 17.7 Å². The van der Waals surface area contributed by atoms with E-state index in [1.54, 1.807) is 0 Å². The van der Waals surface area contributed by atoms with E-state index < -0.39 is 0 Å². The Morgan fingerprint density at radius 3 is 2.68 bits per heavy atom. The van der Waals surface area contributed by atoms with Crippen LogP contribution < -0.4 is 10.6 Å². The molecule has 1 saturated heterocycles. The maximum atomic E-state index is 12.9. The van der Waals surface area contributed by atoms with Crippen LogP contribution >= 0.6 is 11.8 Å². The first-order chi connectivity index (χ1) is 13.7. The standard InChI is InChI=1S/C21H29N5OS/c1-16-19(24-25-26(16)17-9-13-22-14-10-17)20(27)23-15-21(11-5-6-12-21)28-18-7-3-2-4-8-18/h2-4,7-8,17,22H,5-6,9-15H2,1H3,(H,23,27). The zero-order valence-electron chi connectivity index (χ0n) is 16.5. The monoisotopic (exact) mass is 399 g/mol. The number of carbonyl (C=O) groups is 1. The van der Waals surface area contributed by atoms with Gasteiger partial charge in [0.25, 0.3) is 5.91 Å². The Hall–Kier alpha value is -1.86. The molecule has 0 unspecified atom stereocenters. The molecule has 2 N–H and O–H groups in total. The van der Waals surface area contributed by atoms with Gasteiger partial charge in [0.2, 0.25) is 0 Å². The molecule has 1 aliphatic carbocycles. The fourth-order valence-electron chi connectivity index (χ4n) is 4.35. The lowest BCUT2D eigenvalue weighted by Gasteiger charge is -2.28. The molecule has 2 heterocycles. The lowest BCUT2D eigenvalue weighted by Crippen LogP contribution is -2.39. The number of rotatable bonds is 6. The number of piperidine rings is 1. The molecule has 0 spiro atoms. The van der Waals surface area contributed by atoms with Gasteiger partial charge >= 0.3 is 0 Å². The number of carbonyl (C=O) groups excluding carboxylic acids is 1. The SMILES string of the molecule is Cc1c(C(=O)NCC2(Sc3ccccc3)CCCC2)nnn1C1CCNCC1. The summed E-state index contributed by atoms with van der Waals surface area (Å²) in [6, 6.07) is 10.8. The molecular weight excluding hydrogens is 370 g/mol. The number of hydrogen-bond acceptors (Lipinski definition) is 5. The molecule has 2 aromatic rings. The van der Waals surface area contributed by atoms with Gasteiger partial charge in [-0.05, 0) is 57.8 Å². The van der Waals surface area contributed by atoms with E-state index in [4.69, 9.17) is 0 Å². The van der Waals surface area contributed by atoms with Crippen molar-refractivity contribution in [3.05, 3.63) is 41.7 Å². The number of aromatic nitrogens is 3. The first-order valence-corrected chi connectivity index (χ1v) is 11.1. The average molecular weight is 400 g/mol. The normalized spacial score (nSPS) is 19.6. The number of nitrogens with zero attached hydrogens (tertiary/aromatic N) is 3. The van der Waals surface area contributed by atoms with Crippen molar-refractivity contribution in [1.29, 1.82) is 0 Å². The lowest BCUT2D eigenvalue weighted by atomic mass is 10.1. The molecule has 0 radical (unpaired) electrons. The van der Waals surface area contributed by atoms with Gasteiger partial charge in [-0.15, -0.1) is 16.9 Å². The van der Waals surface area contributed by atoms with Crippen LogP contribution in [0, 0.1) is 6.92 Å². The minimum absolute atomic E-state index is 0.0793. The Morgan fingerprint density at radius 1 is 1.25 bits per heavy atom. The largest absolute Gasteiger partial charge is 0.349 e. The van der Waals surface area contributed by atoms with Crippen molar-refractivity contribution in [1.82, 2.24) is 25.6 Å². The van der Waals surface area contributed by atoms with Crippen LogP contribution in [-0.2, 0) is 0 Å². The smallest absolute Gasteiger partial charge is 0.273 e. The summed E-state index contributed by atoms with van der Waals surface area (Å²) in [6.45, 7) is 4.61. The summed E-state index contributed by atoms with van der Waals surface area (Å²) in [5, 5.41) is 15.1. The topological polar surface area (TPSA) is 71.8 Å². The Kier molecular flexibility index (Phi) is 6.01. The molecule has 6 nitrogen and oxygen atoms in total. The van der Waals surface area contributed by atoms with Gasteiger partial charge in [-0.1, -0.05) is 36.3 Å². The zero-order chi connectivity index (χ0) is 19.4. The maximum Gasteiger partial charge on any atom is 0.273 e. The summed E-state index contributed by atoms with van der Waals surface area (Å²) in [4.78, 5) is 14.1. The molecule has 1 saturated carbocycles. The third-order valence-electron chi connectivity index (χ3n) is 5.96. The molecule has 28 heavy (non-hydrogen) atoms. The van der Waals surface area contributed by atoms with Gasteiger partial charge in [-0.2, -0.15) is 0 Å². The van der Waals surface area contributed by atoms with Gasteiger partial charge < -0.3 is 10.6 Å². The van der Waals surface area contributed by atoms with E-state index in [1.807, 2.05) is 29.4 Å². The summed E-state index contributed by atoms with van der Waals surface area (Å²) in [5.41, 5.74) is 1.34.